The summed E-state index contributed by atoms with van der Waals surface area (Å²) in [6, 6.07) is 3.44. The molecule has 1 aromatic rings. The van der Waals surface area contributed by atoms with Crippen LogP contribution in [0.2, 0.25) is 0 Å². The molecule has 8 heteroatoms. The van der Waals surface area contributed by atoms with E-state index in [1.165, 1.54) is 21.9 Å². The third kappa shape index (κ3) is 3.81. The van der Waals surface area contributed by atoms with Gasteiger partial charge in [0.25, 0.3) is 10.0 Å². The maximum atomic E-state index is 12.4. The Hall–Kier alpha value is -0.440. The summed E-state index contributed by atoms with van der Waals surface area (Å²) in [5, 5.41) is 0. The van der Waals surface area contributed by atoms with Gasteiger partial charge in [0.1, 0.15) is 14.0 Å². The molecule has 1 aliphatic rings. The number of hydrogen-bond donors (Lipinski definition) is 0. The van der Waals surface area contributed by atoms with Crippen LogP contribution in [0.1, 0.15) is 17.7 Å². The van der Waals surface area contributed by atoms with Crippen LogP contribution in [0.4, 0.5) is 0 Å². The second-order valence-corrected chi connectivity index (χ2v) is 10.9. The fourth-order valence-corrected chi connectivity index (χ4v) is 6.52. The Morgan fingerprint density at radius 3 is 2.25 bits per heavy atom. The molecule has 2 rings (SSSR count). The van der Waals surface area contributed by atoms with Crippen LogP contribution in [0, 0.1) is 12.8 Å². The van der Waals surface area contributed by atoms with Crippen molar-refractivity contribution >= 4 is 31.2 Å². The number of sulfone groups is 1. The van der Waals surface area contributed by atoms with Gasteiger partial charge in [-0.25, -0.2) is 16.8 Å². The predicted octanol–water partition coefficient (Wildman–Crippen LogP) is 1.50. The highest BCUT2D eigenvalue weighted by atomic mass is 32.2. The van der Waals surface area contributed by atoms with Crippen LogP contribution in [-0.4, -0.2) is 46.2 Å². The van der Waals surface area contributed by atoms with Crippen molar-refractivity contribution in [2.24, 2.45) is 5.92 Å². The van der Waals surface area contributed by atoms with Crippen molar-refractivity contribution < 1.29 is 16.8 Å². The van der Waals surface area contributed by atoms with E-state index in [2.05, 4.69) is 0 Å². The first kappa shape index (κ1) is 15.9. The molecule has 0 spiro atoms. The Balaban J connectivity index is 2.04. The second kappa shape index (κ2) is 5.75. The van der Waals surface area contributed by atoms with E-state index in [-0.39, 0.29) is 11.7 Å². The maximum Gasteiger partial charge on any atom is 0.252 e. The summed E-state index contributed by atoms with van der Waals surface area (Å²) < 4.78 is 49.2. The van der Waals surface area contributed by atoms with E-state index in [1.54, 1.807) is 12.1 Å². The van der Waals surface area contributed by atoms with Gasteiger partial charge in [0.05, 0.1) is 5.75 Å². The molecule has 2 heterocycles. The molecule has 1 aliphatic heterocycles. The molecule has 0 amide bonds. The lowest BCUT2D eigenvalue weighted by atomic mass is 10.0. The van der Waals surface area contributed by atoms with Gasteiger partial charge in [0.15, 0.2) is 0 Å². The van der Waals surface area contributed by atoms with Crippen LogP contribution in [-0.2, 0) is 19.9 Å². The number of thiophene rings is 1. The average molecular weight is 337 g/mol. The van der Waals surface area contributed by atoms with Gasteiger partial charge in [-0.1, -0.05) is 0 Å². The largest absolute Gasteiger partial charge is 0.252 e. The number of rotatable bonds is 4. The standard InChI is InChI=1S/C12H19NO4S3/c1-10-3-4-12(18-10)20(16,17)13-7-5-11(6-8-13)9-19(2,14)15/h3-4,11H,5-9H2,1-2H3. The Kier molecular flexibility index (Phi) is 4.58. The first-order chi connectivity index (χ1) is 9.18. The highest BCUT2D eigenvalue weighted by molar-refractivity contribution is 7.91. The normalized spacial score (nSPS) is 19.3. The van der Waals surface area contributed by atoms with Crippen molar-refractivity contribution in [3.8, 4) is 0 Å². The molecule has 114 valence electrons. The number of sulfonamides is 1. The molecule has 0 aromatic carbocycles. The van der Waals surface area contributed by atoms with Gasteiger partial charge in [-0.15, -0.1) is 11.3 Å². The lowest BCUT2D eigenvalue weighted by Crippen LogP contribution is -2.39. The second-order valence-electron chi connectivity index (χ2n) is 5.30. The van der Waals surface area contributed by atoms with Crippen molar-refractivity contribution in [3.63, 3.8) is 0 Å². The summed E-state index contributed by atoms with van der Waals surface area (Å²) in [5.41, 5.74) is 0. The molecule has 0 N–H and O–H groups in total. The number of nitrogens with zero attached hydrogens (tertiary/aromatic N) is 1. The van der Waals surface area contributed by atoms with E-state index in [9.17, 15) is 16.8 Å². The molecule has 0 aliphatic carbocycles. The summed E-state index contributed by atoms with van der Waals surface area (Å²) in [6.07, 6.45) is 2.44. The zero-order valence-electron chi connectivity index (χ0n) is 11.6. The Labute approximate surface area is 124 Å². The smallest absolute Gasteiger partial charge is 0.229 e. The number of piperidine rings is 1. The van der Waals surface area contributed by atoms with E-state index in [0.717, 1.165) is 4.88 Å². The van der Waals surface area contributed by atoms with Crippen molar-refractivity contribution in [2.75, 3.05) is 25.1 Å². The first-order valence-corrected chi connectivity index (χ1v) is 10.7. The Bertz CT molecular complexity index is 667. The molecule has 0 saturated carbocycles. The van der Waals surface area contributed by atoms with Gasteiger partial charge in [-0.2, -0.15) is 4.31 Å². The minimum absolute atomic E-state index is 0.0709. The molecule has 0 unspecified atom stereocenters. The molecule has 0 atom stereocenters. The zero-order valence-corrected chi connectivity index (χ0v) is 14.0. The minimum atomic E-state index is -3.41. The minimum Gasteiger partial charge on any atom is -0.229 e. The van der Waals surface area contributed by atoms with E-state index in [1.807, 2.05) is 6.92 Å². The summed E-state index contributed by atoms with van der Waals surface area (Å²) in [7, 11) is -6.40. The van der Waals surface area contributed by atoms with E-state index < -0.39 is 19.9 Å². The fraction of sp³-hybridized carbons (Fsp3) is 0.667. The lowest BCUT2D eigenvalue weighted by molar-refractivity contribution is 0.289. The quantitative estimate of drug-likeness (QED) is 0.835. The predicted molar refractivity (Wildman–Crippen MR) is 80.2 cm³/mol. The molecule has 5 nitrogen and oxygen atoms in total. The molecule has 20 heavy (non-hydrogen) atoms. The molecule has 0 radical (unpaired) electrons. The molecule has 1 aromatic heterocycles. The SMILES string of the molecule is Cc1ccc(S(=O)(=O)N2CCC(CS(C)(=O)=O)CC2)s1. The molecular weight excluding hydrogens is 318 g/mol. The summed E-state index contributed by atoms with van der Waals surface area (Å²) in [6.45, 7) is 2.68. The van der Waals surface area contributed by atoms with Crippen LogP contribution >= 0.6 is 11.3 Å². The summed E-state index contributed by atoms with van der Waals surface area (Å²) >= 11 is 1.27. The Morgan fingerprint density at radius 2 is 1.80 bits per heavy atom. The van der Waals surface area contributed by atoms with Crippen LogP contribution in [0.3, 0.4) is 0 Å². The van der Waals surface area contributed by atoms with E-state index in [4.69, 9.17) is 0 Å². The van der Waals surface area contributed by atoms with Crippen molar-refractivity contribution in [3.05, 3.63) is 17.0 Å². The highest BCUT2D eigenvalue weighted by Gasteiger charge is 2.31. The van der Waals surface area contributed by atoms with Gasteiger partial charge >= 0.3 is 0 Å². The van der Waals surface area contributed by atoms with Gasteiger partial charge in [-0.3, -0.25) is 0 Å². The van der Waals surface area contributed by atoms with Gasteiger partial charge in [0.2, 0.25) is 0 Å². The highest BCUT2D eigenvalue weighted by Crippen LogP contribution is 2.28. The van der Waals surface area contributed by atoms with E-state index in [0.29, 0.717) is 30.1 Å². The van der Waals surface area contributed by atoms with Crippen molar-refractivity contribution in [2.45, 2.75) is 24.0 Å². The van der Waals surface area contributed by atoms with Gasteiger partial charge in [0, 0.05) is 24.2 Å². The molecule has 1 fully saturated rings. The third-order valence-electron chi connectivity index (χ3n) is 3.42. The lowest BCUT2D eigenvalue weighted by Gasteiger charge is -2.30. The van der Waals surface area contributed by atoms with Crippen molar-refractivity contribution in [1.82, 2.24) is 4.31 Å². The van der Waals surface area contributed by atoms with Gasteiger partial charge in [-0.05, 0) is 37.8 Å². The average Bonchev–Trinajstić information content (AvgIpc) is 2.75. The monoisotopic (exact) mass is 337 g/mol. The first-order valence-electron chi connectivity index (χ1n) is 6.43. The maximum absolute atomic E-state index is 12.4. The van der Waals surface area contributed by atoms with Gasteiger partial charge < -0.3 is 0 Å². The molecule has 0 bridgehead atoms. The zero-order chi connectivity index (χ0) is 15.0. The molecule has 1 saturated heterocycles. The van der Waals surface area contributed by atoms with Crippen LogP contribution in [0.15, 0.2) is 16.3 Å². The summed E-state index contributed by atoms with van der Waals surface area (Å²) in [5.74, 6) is 0.223. The number of aryl methyl sites for hydroxylation is 1. The summed E-state index contributed by atoms with van der Waals surface area (Å²) in [4.78, 5) is 0.968. The van der Waals surface area contributed by atoms with Crippen LogP contribution in [0.5, 0.6) is 0 Å². The van der Waals surface area contributed by atoms with Crippen LogP contribution < -0.4 is 0 Å². The third-order valence-corrected chi connectivity index (χ3v) is 7.87. The van der Waals surface area contributed by atoms with Crippen molar-refractivity contribution in [1.29, 1.82) is 0 Å². The van der Waals surface area contributed by atoms with E-state index >= 15 is 0 Å². The topological polar surface area (TPSA) is 71.5 Å². The fourth-order valence-electron chi connectivity index (χ4n) is 2.42. The number of hydrogen-bond acceptors (Lipinski definition) is 5. The molecular formula is C12H19NO4S3. The Morgan fingerprint density at radius 1 is 1.20 bits per heavy atom. The van der Waals surface area contributed by atoms with Crippen LogP contribution in [0.25, 0.3) is 0 Å².